The zero-order valence-electron chi connectivity index (χ0n) is 10.6. The summed E-state index contributed by atoms with van der Waals surface area (Å²) in [6.45, 7) is 3.14. The molecule has 106 valence electrons. The second-order valence-electron chi connectivity index (χ2n) is 4.40. The molecule has 0 saturated carbocycles. The highest BCUT2D eigenvalue weighted by Gasteiger charge is 2.16. The van der Waals surface area contributed by atoms with Crippen LogP contribution in [0.1, 0.15) is 0 Å². The molecule has 0 spiro atoms. The van der Waals surface area contributed by atoms with Crippen molar-refractivity contribution >= 4 is 28.8 Å². The van der Waals surface area contributed by atoms with Gasteiger partial charge in [-0.3, -0.25) is 14.1 Å². The molecule has 0 aliphatic carbocycles. The summed E-state index contributed by atoms with van der Waals surface area (Å²) in [4.78, 5) is 18.0. The van der Waals surface area contributed by atoms with Crippen LogP contribution < -0.4 is 5.32 Å². The number of hydrogen-bond acceptors (Lipinski definition) is 6. The molecule has 2 aromatic heterocycles. The van der Waals surface area contributed by atoms with Crippen LogP contribution in [0.15, 0.2) is 12.5 Å². The lowest BCUT2D eigenvalue weighted by atomic mass is 10.4. The molecular weight excluding hydrogens is 284 g/mol. The lowest BCUT2D eigenvalue weighted by Gasteiger charge is -2.25. The average Bonchev–Trinajstić information content (AvgIpc) is 2.93. The van der Waals surface area contributed by atoms with E-state index < -0.39 is 0 Å². The monoisotopic (exact) mass is 296 g/mol. The fourth-order valence-electron chi connectivity index (χ4n) is 2.03. The number of nitrogens with zero attached hydrogens (tertiary/aromatic N) is 5. The van der Waals surface area contributed by atoms with Gasteiger partial charge in [0, 0.05) is 13.1 Å². The molecule has 1 saturated heterocycles. The van der Waals surface area contributed by atoms with Gasteiger partial charge < -0.3 is 10.1 Å². The first-order valence-corrected chi connectivity index (χ1v) is 6.56. The van der Waals surface area contributed by atoms with Crippen LogP contribution in [-0.4, -0.2) is 63.2 Å². The summed E-state index contributed by atoms with van der Waals surface area (Å²) in [5, 5.41) is 10.7. The Morgan fingerprint density at radius 3 is 3.05 bits per heavy atom. The van der Waals surface area contributed by atoms with Gasteiger partial charge in [-0.05, 0) is 11.6 Å². The van der Waals surface area contributed by atoms with E-state index in [0.717, 1.165) is 13.1 Å². The van der Waals surface area contributed by atoms with Crippen LogP contribution in [0.4, 0.5) is 5.69 Å². The van der Waals surface area contributed by atoms with Gasteiger partial charge in [0.2, 0.25) is 11.2 Å². The molecule has 2 aromatic rings. The number of rotatable bonds is 3. The van der Waals surface area contributed by atoms with Crippen LogP contribution in [0.5, 0.6) is 0 Å². The number of fused-ring (bicyclic) bond motifs is 1. The maximum absolute atomic E-state index is 12.0. The van der Waals surface area contributed by atoms with Crippen LogP contribution in [0.3, 0.4) is 0 Å². The van der Waals surface area contributed by atoms with E-state index in [2.05, 4.69) is 20.5 Å². The minimum Gasteiger partial charge on any atom is -0.379 e. The third kappa shape index (κ3) is 2.72. The zero-order valence-corrected chi connectivity index (χ0v) is 11.4. The van der Waals surface area contributed by atoms with Gasteiger partial charge in [0.15, 0.2) is 5.65 Å². The number of anilines is 1. The number of carbonyl (C=O) groups excluding carboxylic acids is 1. The average molecular weight is 297 g/mol. The van der Waals surface area contributed by atoms with E-state index in [4.69, 9.17) is 16.3 Å². The molecule has 1 aliphatic heterocycles. The number of morpholine rings is 1. The Bertz CT molecular complexity index is 624. The molecule has 0 radical (unpaired) electrons. The summed E-state index contributed by atoms with van der Waals surface area (Å²) in [6.07, 6.45) is 2.92. The molecule has 1 N–H and O–H groups in total. The molecule has 0 aromatic carbocycles. The van der Waals surface area contributed by atoms with E-state index in [1.54, 1.807) is 0 Å². The fourth-order valence-corrected chi connectivity index (χ4v) is 2.20. The molecule has 1 fully saturated rings. The Kier molecular flexibility index (Phi) is 3.77. The van der Waals surface area contributed by atoms with Crippen LogP contribution in [0.2, 0.25) is 5.28 Å². The predicted molar refractivity (Wildman–Crippen MR) is 71.7 cm³/mol. The van der Waals surface area contributed by atoms with Gasteiger partial charge in [-0.2, -0.15) is 0 Å². The molecular formula is C11H13ClN6O2. The summed E-state index contributed by atoms with van der Waals surface area (Å²) in [7, 11) is 0. The number of halogens is 1. The van der Waals surface area contributed by atoms with E-state index in [0.29, 0.717) is 31.1 Å². The first-order valence-electron chi connectivity index (χ1n) is 6.18. The summed E-state index contributed by atoms with van der Waals surface area (Å²) >= 11 is 5.90. The van der Waals surface area contributed by atoms with Crippen molar-refractivity contribution in [1.29, 1.82) is 0 Å². The number of nitrogens with one attached hydrogen (secondary N) is 1. The van der Waals surface area contributed by atoms with Crippen molar-refractivity contribution < 1.29 is 9.53 Å². The minimum atomic E-state index is -0.124. The highest BCUT2D eigenvalue weighted by molar-refractivity contribution is 6.28. The van der Waals surface area contributed by atoms with Crippen LogP contribution in [-0.2, 0) is 9.53 Å². The summed E-state index contributed by atoms with van der Waals surface area (Å²) in [5.74, 6) is -0.124. The maximum atomic E-state index is 12.0. The highest BCUT2D eigenvalue weighted by Crippen LogP contribution is 2.16. The Morgan fingerprint density at radius 1 is 1.45 bits per heavy atom. The number of aromatic nitrogens is 4. The fraction of sp³-hybridized carbons (Fsp3) is 0.455. The summed E-state index contributed by atoms with van der Waals surface area (Å²) in [5.41, 5.74) is 0.963. The number of carbonyl (C=O) groups is 1. The van der Waals surface area contributed by atoms with Crippen LogP contribution in [0, 0.1) is 0 Å². The molecule has 20 heavy (non-hydrogen) atoms. The topological polar surface area (TPSA) is 84.7 Å². The van der Waals surface area contributed by atoms with Gasteiger partial charge in [0.25, 0.3) is 0 Å². The van der Waals surface area contributed by atoms with Crippen molar-refractivity contribution in [3.8, 4) is 0 Å². The Labute approximate surface area is 119 Å². The predicted octanol–water partition coefficient (Wildman–Crippen LogP) is 0.0484. The Hall–Kier alpha value is -1.77. The van der Waals surface area contributed by atoms with E-state index in [9.17, 15) is 4.79 Å². The zero-order chi connectivity index (χ0) is 13.9. The Morgan fingerprint density at radius 2 is 2.25 bits per heavy atom. The number of ether oxygens (including phenoxy) is 1. The van der Waals surface area contributed by atoms with Crippen molar-refractivity contribution in [1.82, 2.24) is 24.5 Å². The molecule has 3 rings (SSSR count). The van der Waals surface area contributed by atoms with E-state index in [1.165, 1.54) is 16.9 Å². The van der Waals surface area contributed by atoms with Crippen molar-refractivity contribution in [3.63, 3.8) is 0 Å². The van der Waals surface area contributed by atoms with Gasteiger partial charge in [-0.1, -0.05) is 0 Å². The molecule has 8 nitrogen and oxygen atoms in total. The first kappa shape index (κ1) is 13.2. The molecule has 9 heteroatoms. The summed E-state index contributed by atoms with van der Waals surface area (Å²) < 4.78 is 6.75. The molecule has 0 bridgehead atoms. The van der Waals surface area contributed by atoms with Crippen molar-refractivity contribution in [2.45, 2.75) is 0 Å². The summed E-state index contributed by atoms with van der Waals surface area (Å²) in [6, 6.07) is 0. The quantitative estimate of drug-likeness (QED) is 0.806. The lowest BCUT2D eigenvalue weighted by molar-refractivity contribution is -0.118. The van der Waals surface area contributed by atoms with Crippen LogP contribution >= 0.6 is 11.6 Å². The maximum Gasteiger partial charge on any atom is 0.238 e. The first-order chi connectivity index (χ1) is 9.74. The van der Waals surface area contributed by atoms with Gasteiger partial charge in [-0.15, -0.1) is 10.2 Å². The van der Waals surface area contributed by atoms with Gasteiger partial charge in [-0.25, -0.2) is 4.98 Å². The normalized spacial score (nSPS) is 16.4. The van der Waals surface area contributed by atoms with Gasteiger partial charge in [0.05, 0.1) is 26.0 Å². The van der Waals surface area contributed by atoms with E-state index in [-0.39, 0.29) is 11.2 Å². The largest absolute Gasteiger partial charge is 0.379 e. The van der Waals surface area contributed by atoms with E-state index in [1.807, 2.05) is 4.90 Å². The SMILES string of the molecule is O=C(CN1CCOCC1)Nc1cnc(Cl)n2cnnc12. The molecule has 3 heterocycles. The van der Waals surface area contributed by atoms with Gasteiger partial charge >= 0.3 is 0 Å². The highest BCUT2D eigenvalue weighted by atomic mass is 35.5. The number of hydrogen-bond donors (Lipinski definition) is 1. The second kappa shape index (κ2) is 5.70. The Balaban J connectivity index is 1.71. The number of amides is 1. The van der Waals surface area contributed by atoms with Gasteiger partial charge in [0.1, 0.15) is 12.0 Å². The lowest BCUT2D eigenvalue weighted by Crippen LogP contribution is -2.41. The smallest absolute Gasteiger partial charge is 0.238 e. The van der Waals surface area contributed by atoms with E-state index >= 15 is 0 Å². The molecule has 0 atom stereocenters. The second-order valence-corrected chi connectivity index (χ2v) is 4.74. The third-order valence-electron chi connectivity index (χ3n) is 3.03. The van der Waals surface area contributed by atoms with Crippen molar-refractivity contribution in [2.75, 3.05) is 38.2 Å². The van der Waals surface area contributed by atoms with Crippen LogP contribution in [0.25, 0.3) is 5.65 Å². The van der Waals surface area contributed by atoms with Crippen molar-refractivity contribution in [3.05, 3.63) is 17.8 Å². The molecule has 1 aliphatic rings. The standard InChI is InChI=1S/C11H13ClN6O2/c12-11-13-5-8(10-16-14-7-18(10)11)15-9(19)6-17-1-3-20-4-2-17/h5,7H,1-4,6H2,(H,15,19). The third-order valence-corrected chi connectivity index (χ3v) is 3.31. The minimum absolute atomic E-state index is 0.124. The molecule has 0 unspecified atom stereocenters. The molecule has 1 amide bonds. The van der Waals surface area contributed by atoms with Crippen molar-refractivity contribution in [2.24, 2.45) is 0 Å².